The van der Waals surface area contributed by atoms with E-state index in [0.717, 1.165) is 11.1 Å². The van der Waals surface area contributed by atoms with Crippen LogP contribution in [0.3, 0.4) is 0 Å². The van der Waals surface area contributed by atoms with Gasteiger partial charge in [-0.05, 0) is 37.3 Å². The van der Waals surface area contributed by atoms with E-state index in [1.54, 1.807) is 12.1 Å². The lowest BCUT2D eigenvalue weighted by molar-refractivity contribution is 0.376. The second-order valence-electron chi connectivity index (χ2n) is 5.20. The summed E-state index contributed by atoms with van der Waals surface area (Å²) in [6.07, 6.45) is 0. The van der Waals surface area contributed by atoms with Crippen LogP contribution in [0.25, 0.3) is 11.4 Å². The van der Waals surface area contributed by atoms with Gasteiger partial charge < -0.3 is 15.2 Å². The zero-order valence-corrected chi connectivity index (χ0v) is 13.7. The van der Waals surface area contributed by atoms with Crippen LogP contribution in [0.1, 0.15) is 11.5 Å². The number of rotatable bonds is 4. The molecule has 24 heavy (non-hydrogen) atoms. The first-order chi connectivity index (χ1) is 11.6. The number of thiocarbonyl (C=S) groups is 1. The Kier molecular flexibility index (Phi) is 4.81. The van der Waals surface area contributed by atoms with Crippen molar-refractivity contribution in [2.45, 2.75) is 13.5 Å². The Balaban J connectivity index is 1.57. The topological polar surface area (TPSA) is 63.0 Å². The molecule has 122 valence electrons. The molecule has 2 aromatic carbocycles. The van der Waals surface area contributed by atoms with Crippen molar-refractivity contribution in [3.05, 3.63) is 65.8 Å². The monoisotopic (exact) mass is 342 g/mol. The van der Waals surface area contributed by atoms with Crippen LogP contribution < -0.4 is 10.6 Å². The van der Waals surface area contributed by atoms with E-state index in [-0.39, 0.29) is 12.4 Å². The van der Waals surface area contributed by atoms with Crippen molar-refractivity contribution < 1.29 is 8.91 Å². The van der Waals surface area contributed by atoms with E-state index in [4.69, 9.17) is 16.7 Å². The third-order valence-corrected chi connectivity index (χ3v) is 3.51. The van der Waals surface area contributed by atoms with Gasteiger partial charge in [0.05, 0.1) is 6.54 Å². The SMILES string of the molecule is Cc1ccc(-c2noc(CNC(=S)Nc3cccc(F)c3)n2)cc1. The van der Waals surface area contributed by atoms with Gasteiger partial charge in [-0.2, -0.15) is 4.98 Å². The molecule has 0 aliphatic heterocycles. The quantitative estimate of drug-likeness (QED) is 0.706. The zero-order chi connectivity index (χ0) is 16.9. The molecule has 0 radical (unpaired) electrons. The summed E-state index contributed by atoms with van der Waals surface area (Å²) < 4.78 is 18.3. The molecule has 3 rings (SSSR count). The normalized spacial score (nSPS) is 10.4. The molecular weight excluding hydrogens is 327 g/mol. The summed E-state index contributed by atoms with van der Waals surface area (Å²) in [5.41, 5.74) is 2.62. The van der Waals surface area contributed by atoms with Gasteiger partial charge in [-0.15, -0.1) is 0 Å². The van der Waals surface area contributed by atoms with E-state index in [1.165, 1.54) is 12.1 Å². The number of nitrogens with zero attached hydrogens (tertiary/aromatic N) is 2. The number of anilines is 1. The second kappa shape index (κ2) is 7.18. The highest BCUT2D eigenvalue weighted by Gasteiger charge is 2.09. The molecule has 5 nitrogen and oxygen atoms in total. The molecule has 0 atom stereocenters. The van der Waals surface area contributed by atoms with Crippen molar-refractivity contribution in [3.63, 3.8) is 0 Å². The van der Waals surface area contributed by atoms with Gasteiger partial charge in [0.15, 0.2) is 5.11 Å². The minimum Gasteiger partial charge on any atom is -0.353 e. The van der Waals surface area contributed by atoms with Gasteiger partial charge in [0, 0.05) is 11.3 Å². The maximum atomic E-state index is 13.1. The molecule has 0 saturated heterocycles. The van der Waals surface area contributed by atoms with Gasteiger partial charge in [-0.1, -0.05) is 41.1 Å². The van der Waals surface area contributed by atoms with Crippen LogP contribution >= 0.6 is 12.2 Å². The average molecular weight is 342 g/mol. The van der Waals surface area contributed by atoms with Crippen molar-refractivity contribution >= 4 is 23.0 Å². The van der Waals surface area contributed by atoms with Crippen LogP contribution in [-0.2, 0) is 6.54 Å². The predicted octanol–water partition coefficient (Wildman–Crippen LogP) is 3.67. The fourth-order valence-corrected chi connectivity index (χ4v) is 2.23. The highest BCUT2D eigenvalue weighted by Crippen LogP contribution is 2.16. The molecule has 0 aliphatic rings. The van der Waals surface area contributed by atoms with Crippen LogP contribution in [-0.4, -0.2) is 15.3 Å². The van der Waals surface area contributed by atoms with Crippen LogP contribution in [0, 0.1) is 12.7 Å². The fraction of sp³-hybridized carbons (Fsp3) is 0.118. The van der Waals surface area contributed by atoms with Crippen LogP contribution in [0.15, 0.2) is 53.1 Å². The Morgan fingerprint density at radius 1 is 1.21 bits per heavy atom. The smallest absolute Gasteiger partial charge is 0.246 e. The molecule has 1 heterocycles. The van der Waals surface area contributed by atoms with Gasteiger partial charge in [0.2, 0.25) is 11.7 Å². The molecule has 0 amide bonds. The molecule has 7 heteroatoms. The lowest BCUT2D eigenvalue weighted by Gasteiger charge is -2.08. The summed E-state index contributed by atoms with van der Waals surface area (Å²) in [5.74, 6) is 0.604. The van der Waals surface area contributed by atoms with E-state index >= 15 is 0 Å². The molecule has 0 unspecified atom stereocenters. The molecule has 0 fully saturated rings. The zero-order valence-electron chi connectivity index (χ0n) is 12.9. The average Bonchev–Trinajstić information content (AvgIpc) is 3.03. The number of hydrogen-bond acceptors (Lipinski definition) is 4. The number of aryl methyl sites for hydroxylation is 1. The van der Waals surface area contributed by atoms with Crippen LogP contribution in [0.2, 0.25) is 0 Å². The number of halogens is 1. The third kappa shape index (κ3) is 4.14. The fourth-order valence-electron chi connectivity index (χ4n) is 2.04. The molecule has 0 spiro atoms. The van der Waals surface area contributed by atoms with Crippen molar-refractivity contribution in [1.82, 2.24) is 15.5 Å². The Labute approximate surface area is 143 Å². The summed E-state index contributed by atoms with van der Waals surface area (Å²) in [4.78, 5) is 4.32. The number of nitrogens with one attached hydrogen (secondary N) is 2. The molecule has 0 aliphatic carbocycles. The Morgan fingerprint density at radius 3 is 2.75 bits per heavy atom. The van der Waals surface area contributed by atoms with E-state index in [2.05, 4.69) is 20.8 Å². The standard InChI is InChI=1S/C17H15FN4OS/c1-11-5-7-12(8-6-11)16-21-15(23-22-16)10-19-17(24)20-14-4-2-3-13(18)9-14/h2-9H,10H2,1H3,(H2,19,20,24). The van der Waals surface area contributed by atoms with Crippen LogP contribution in [0.5, 0.6) is 0 Å². The van der Waals surface area contributed by atoms with E-state index < -0.39 is 0 Å². The summed E-state index contributed by atoms with van der Waals surface area (Å²) in [7, 11) is 0. The van der Waals surface area contributed by atoms with Crippen molar-refractivity contribution in [3.8, 4) is 11.4 Å². The van der Waals surface area contributed by atoms with Gasteiger partial charge >= 0.3 is 0 Å². The first kappa shape index (κ1) is 16.1. The number of aromatic nitrogens is 2. The third-order valence-electron chi connectivity index (χ3n) is 3.26. The number of benzene rings is 2. The minimum absolute atomic E-state index is 0.278. The molecular formula is C17H15FN4OS. The van der Waals surface area contributed by atoms with Crippen LogP contribution in [0.4, 0.5) is 10.1 Å². The van der Waals surface area contributed by atoms with Crippen molar-refractivity contribution in [2.24, 2.45) is 0 Å². The predicted molar refractivity (Wildman–Crippen MR) is 93.9 cm³/mol. The summed E-state index contributed by atoms with van der Waals surface area (Å²) in [5, 5.41) is 10.1. The van der Waals surface area contributed by atoms with Crippen molar-refractivity contribution in [1.29, 1.82) is 0 Å². The van der Waals surface area contributed by atoms with Gasteiger partial charge in [-0.25, -0.2) is 4.39 Å². The van der Waals surface area contributed by atoms with E-state index in [0.29, 0.717) is 22.5 Å². The molecule has 0 bridgehead atoms. The Hall–Kier alpha value is -2.80. The highest BCUT2D eigenvalue weighted by atomic mass is 32.1. The Morgan fingerprint density at radius 2 is 2.00 bits per heavy atom. The van der Waals surface area contributed by atoms with E-state index in [9.17, 15) is 4.39 Å². The number of hydrogen-bond donors (Lipinski definition) is 2. The summed E-state index contributed by atoms with van der Waals surface area (Å²) in [6, 6.07) is 13.9. The van der Waals surface area contributed by atoms with Gasteiger partial charge in [0.1, 0.15) is 5.82 Å². The molecule has 1 aromatic heterocycles. The molecule has 3 aromatic rings. The van der Waals surface area contributed by atoms with Crippen molar-refractivity contribution in [2.75, 3.05) is 5.32 Å². The second-order valence-corrected chi connectivity index (χ2v) is 5.60. The summed E-state index contributed by atoms with van der Waals surface area (Å²) in [6.45, 7) is 2.29. The first-order valence-electron chi connectivity index (χ1n) is 7.30. The largest absolute Gasteiger partial charge is 0.353 e. The summed E-state index contributed by atoms with van der Waals surface area (Å²) >= 11 is 5.16. The lowest BCUT2D eigenvalue weighted by Crippen LogP contribution is -2.28. The highest BCUT2D eigenvalue weighted by molar-refractivity contribution is 7.80. The molecule has 2 N–H and O–H groups in total. The Bertz CT molecular complexity index is 848. The van der Waals surface area contributed by atoms with Gasteiger partial charge in [-0.3, -0.25) is 0 Å². The van der Waals surface area contributed by atoms with E-state index in [1.807, 2.05) is 31.2 Å². The van der Waals surface area contributed by atoms with Gasteiger partial charge in [0.25, 0.3) is 0 Å². The maximum absolute atomic E-state index is 13.1. The first-order valence-corrected chi connectivity index (χ1v) is 7.71. The lowest BCUT2D eigenvalue weighted by atomic mass is 10.1. The molecule has 0 saturated carbocycles. The maximum Gasteiger partial charge on any atom is 0.246 e. The minimum atomic E-state index is -0.331.